The van der Waals surface area contributed by atoms with E-state index in [9.17, 15) is 0 Å². The lowest BCUT2D eigenvalue weighted by Gasteiger charge is -2.12. The Balaban J connectivity index is 2.40. The normalized spacial score (nSPS) is 18.5. The lowest BCUT2D eigenvalue weighted by molar-refractivity contribution is 0.955. The third kappa shape index (κ3) is 1.62. The number of nitrogens with zero attached hydrogens (tertiary/aromatic N) is 2. The van der Waals surface area contributed by atoms with E-state index in [0.29, 0.717) is 5.59 Å². The van der Waals surface area contributed by atoms with Crippen LogP contribution in [0.1, 0.15) is 18.5 Å². The molecule has 1 aliphatic carbocycles. The van der Waals surface area contributed by atoms with E-state index in [1.165, 1.54) is 0 Å². The van der Waals surface area contributed by atoms with Gasteiger partial charge in [-0.15, -0.1) is 0 Å². The van der Waals surface area contributed by atoms with E-state index in [4.69, 9.17) is 15.7 Å². The Labute approximate surface area is 84.8 Å². The quantitative estimate of drug-likeness (QED) is 0.577. The van der Waals surface area contributed by atoms with Crippen molar-refractivity contribution in [3.05, 3.63) is 11.8 Å². The van der Waals surface area contributed by atoms with Gasteiger partial charge in [0.2, 0.25) is 0 Å². The van der Waals surface area contributed by atoms with E-state index in [0.717, 1.165) is 18.5 Å². The summed E-state index contributed by atoms with van der Waals surface area (Å²) in [5, 5.41) is 0. The van der Waals surface area contributed by atoms with Crippen molar-refractivity contribution in [3.63, 3.8) is 0 Å². The molecule has 5 heteroatoms. The van der Waals surface area contributed by atoms with E-state index in [-0.39, 0.29) is 10.5 Å². The van der Waals surface area contributed by atoms with E-state index in [1.807, 2.05) is 17.8 Å². The minimum absolute atomic E-state index is 0.172. The molecule has 0 amide bonds. The first-order valence-electron chi connectivity index (χ1n) is 4.12. The zero-order chi connectivity index (χ0) is 9.47. The minimum Gasteiger partial charge on any atom is -0.262 e. The van der Waals surface area contributed by atoms with Gasteiger partial charge in [0.1, 0.15) is 7.85 Å². The van der Waals surface area contributed by atoms with E-state index < -0.39 is 0 Å². The molecule has 1 aromatic heterocycles. The van der Waals surface area contributed by atoms with Crippen LogP contribution in [0.4, 0.5) is 0 Å². The van der Waals surface area contributed by atoms with Crippen LogP contribution in [-0.4, -0.2) is 31.9 Å². The van der Waals surface area contributed by atoms with Crippen LogP contribution in [-0.2, 0) is 4.75 Å². The lowest BCUT2D eigenvalue weighted by atomic mass is 10.00. The molecule has 2 rings (SSSR count). The van der Waals surface area contributed by atoms with Crippen molar-refractivity contribution in [2.75, 3.05) is 6.26 Å². The summed E-state index contributed by atoms with van der Waals surface area (Å²) in [5.41, 5.74) is 1.71. The summed E-state index contributed by atoms with van der Waals surface area (Å²) >= 11 is 1.81. The molecular weight excluding hydrogens is 178 g/mol. The van der Waals surface area contributed by atoms with Crippen molar-refractivity contribution in [2.45, 2.75) is 17.6 Å². The smallest absolute Gasteiger partial charge is 0.170 e. The van der Waals surface area contributed by atoms with Crippen LogP contribution >= 0.6 is 11.8 Å². The summed E-state index contributed by atoms with van der Waals surface area (Å²) in [6, 6.07) is 1.82. The summed E-state index contributed by atoms with van der Waals surface area (Å²) < 4.78 is 0.172. The Morgan fingerprint density at radius 2 is 2.08 bits per heavy atom. The van der Waals surface area contributed by atoms with Gasteiger partial charge in [-0.2, -0.15) is 11.8 Å². The topological polar surface area (TPSA) is 25.8 Å². The number of thioether (sulfide) groups is 1. The van der Waals surface area contributed by atoms with Gasteiger partial charge in [-0.25, -0.2) is 4.98 Å². The highest BCUT2D eigenvalue weighted by Crippen LogP contribution is 2.54. The summed E-state index contributed by atoms with van der Waals surface area (Å²) in [4.78, 5) is 8.05. The van der Waals surface area contributed by atoms with Gasteiger partial charge in [0, 0.05) is 0 Å². The third-order valence-electron chi connectivity index (χ3n) is 2.32. The molecule has 13 heavy (non-hydrogen) atoms. The number of hydrogen-bond donors (Lipinski definition) is 0. The fourth-order valence-corrected chi connectivity index (χ4v) is 2.22. The van der Waals surface area contributed by atoms with Gasteiger partial charge < -0.3 is 0 Å². The first kappa shape index (κ1) is 9.13. The molecule has 0 atom stereocenters. The third-order valence-corrected chi connectivity index (χ3v) is 3.72. The zero-order valence-corrected chi connectivity index (χ0v) is 8.27. The standard InChI is InChI=1S/C8H8B2N2S/c1-13-8(2-3-8)5-4-6(9)12-7(10)11-5/h4H,2-3H2,1H3. The molecule has 0 aliphatic heterocycles. The molecular formula is C8H8B2N2S. The molecule has 0 N–H and O–H groups in total. The van der Waals surface area contributed by atoms with E-state index >= 15 is 0 Å². The predicted molar refractivity (Wildman–Crippen MR) is 57.2 cm³/mol. The van der Waals surface area contributed by atoms with Crippen LogP contribution in [0.2, 0.25) is 0 Å². The Kier molecular flexibility index (Phi) is 2.14. The predicted octanol–water partition coefficient (Wildman–Crippen LogP) is -0.584. The van der Waals surface area contributed by atoms with Gasteiger partial charge in [0.25, 0.3) is 0 Å². The first-order valence-corrected chi connectivity index (χ1v) is 5.34. The van der Waals surface area contributed by atoms with Crippen LogP contribution in [0.25, 0.3) is 0 Å². The highest BCUT2D eigenvalue weighted by atomic mass is 32.2. The average Bonchev–Trinajstić information content (AvgIpc) is 2.82. The van der Waals surface area contributed by atoms with Gasteiger partial charge in [-0.3, -0.25) is 4.98 Å². The highest BCUT2D eigenvalue weighted by Gasteiger charge is 2.45. The Bertz CT molecular complexity index is 319. The van der Waals surface area contributed by atoms with Crippen LogP contribution in [0.3, 0.4) is 0 Å². The van der Waals surface area contributed by atoms with Gasteiger partial charge in [-0.1, -0.05) is 0 Å². The molecule has 1 aromatic rings. The second-order valence-electron chi connectivity index (χ2n) is 3.23. The number of hydrogen-bond acceptors (Lipinski definition) is 3. The van der Waals surface area contributed by atoms with Crippen LogP contribution in [0, 0.1) is 0 Å². The summed E-state index contributed by atoms with van der Waals surface area (Å²) in [7, 11) is 11.1. The molecule has 0 unspecified atom stereocenters. The molecule has 4 radical (unpaired) electrons. The SMILES string of the molecule is [B]c1cc(C2(SC)CC2)nc([B])n1. The molecule has 0 spiro atoms. The molecule has 0 bridgehead atoms. The van der Waals surface area contributed by atoms with Crippen molar-refractivity contribution < 1.29 is 0 Å². The zero-order valence-electron chi connectivity index (χ0n) is 7.45. The molecule has 1 heterocycles. The highest BCUT2D eigenvalue weighted by molar-refractivity contribution is 7.99. The monoisotopic (exact) mass is 186 g/mol. The molecule has 1 fully saturated rings. The van der Waals surface area contributed by atoms with Crippen LogP contribution in [0.15, 0.2) is 6.07 Å². The molecule has 1 saturated carbocycles. The first-order chi connectivity index (χ1) is 6.16. The van der Waals surface area contributed by atoms with Crippen LogP contribution in [0.5, 0.6) is 0 Å². The van der Waals surface area contributed by atoms with Crippen molar-refractivity contribution in [1.82, 2.24) is 9.97 Å². The number of rotatable bonds is 2. The summed E-state index contributed by atoms with van der Waals surface area (Å²) in [6.07, 6.45) is 4.40. The maximum absolute atomic E-state index is 5.60. The second kappa shape index (κ2) is 3.05. The van der Waals surface area contributed by atoms with Gasteiger partial charge in [0.15, 0.2) is 7.85 Å². The lowest BCUT2D eigenvalue weighted by Crippen LogP contribution is -2.27. The van der Waals surface area contributed by atoms with Crippen molar-refractivity contribution >= 4 is 38.8 Å². The summed E-state index contributed by atoms with van der Waals surface area (Å²) in [6.45, 7) is 0. The maximum atomic E-state index is 5.60. The van der Waals surface area contributed by atoms with Gasteiger partial charge in [0.05, 0.1) is 16.2 Å². The fourth-order valence-electron chi connectivity index (χ4n) is 1.40. The fraction of sp³-hybridized carbons (Fsp3) is 0.500. The van der Waals surface area contributed by atoms with E-state index in [2.05, 4.69) is 16.2 Å². The second-order valence-corrected chi connectivity index (χ2v) is 4.42. The molecule has 1 aliphatic rings. The Morgan fingerprint density at radius 1 is 1.38 bits per heavy atom. The molecule has 62 valence electrons. The summed E-state index contributed by atoms with van der Waals surface area (Å²) in [5.74, 6) is 0. The van der Waals surface area contributed by atoms with Crippen molar-refractivity contribution in [1.29, 1.82) is 0 Å². The number of aromatic nitrogens is 2. The van der Waals surface area contributed by atoms with Crippen LogP contribution < -0.4 is 11.3 Å². The Morgan fingerprint density at radius 3 is 2.54 bits per heavy atom. The average molecular weight is 186 g/mol. The molecule has 0 saturated heterocycles. The van der Waals surface area contributed by atoms with Crippen molar-refractivity contribution in [3.8, 4) is 0 Å². The molecule has 0 aromatic carbocycles. The van der Waals surface area contributed by atoms with Crippen molar-refractivity contribution in [2.24, 2.45) is 0 Å². The Hall–Kier alpha value is -0.440. The largest absolute Gasteiger partial charge is 0.262 e. The van der Waals surface area contributed by atoms with Gasteiger partial charge >= 0.3 is 0 Å². The van der Waals surface area contributed by atoms with Gasteiger partial charge in [-0.05, 0) is 30.8 Å². The van der Waals surface area contributed by atoms with E-state index in [1.54, 1.807) is 0 Å². The minimum atomic E-state index is 0.172. The maximum Gasteiger partial charge on any atom is 0.170 e. The molecule has 2 nitrogen and oxygen atoms in total.